The molecule has 0 aliphatic carbocycles. The van der Waals surface area contributed by atoms with E-state index in [1.165, 1.54) is 6.07 Å². The molecule has 2 aromatic carbocycles. The molecule has 41 heavy (non-hydrogen) atoms. The van der Waals surface area contributed by atoms with Crippen molar-refractivity contribution in [1.82, 2.24) is 19.4 Å². The van der Waals surface area contributed by atoms with Crippen molar-refractivity contribution in [3.05, 3.63) is 82.3 Å². The van der Waals surface area contributed by atoms with E-state index in [0.29, 0.717) is 33.9 Å². The van der Waals surface area contributed by atoms with Crippen molar-refractivity contribution in [2.24, 2.45) is 0 Å². The Kier molecular flexibility index (Phi) is 6.76. The van der Waals surface area contributed by atoms with Gasteiger partial charge in [-0.25, -0.2) is 14.4 Å². The molecule has 214 valence electrons. The van der Waals surface area contributed by atoms with Gasteiger partial charge >= 0.3 is 0 Å². The number of hydrogen-bond donors (Lipinski definition) is 0. The molecular weight excluding hydrogens is 547 g/mol. The van der Waals surface area contributed by atoms with Gasteiger partial charge in [0.05, 0.1) is 36.6 Å². The number of aryl methyl sites for hydroxylation is 1. The fourth-order valence-corrected chi connectivity index (χ4v) is 6.39. The van der Waals surface area contributed by atoms with Crippen LogP contribution in [-0.2, 0) is 23.6 Å². The molecule has 3 aliphatic rings. The van der Waals surface area contributed by atoms with Crippen LogP contribution < -0.4 is 9.47 Å². The van der Waals surface area contributed by atoms with E-state index < -0.39 is 11.6 Å². The highest BCUT2D eigenvalue weighted by atomic mass is 35.5. The van der Waals surface area contributed by atoms with Crippen LogP contribution in [0.4, 0.5) is 4.39 Å². The predicted molar refractivity (Wildman–Crippen MR) is 151 cm³/mol. The summed E-state index contributed by atoms with van der Waals surface area (Å²) < 4.78 is 41.0. The summed E-state index contributed by atoms with van der Waals surface area (Å²) in [5.41, 5.74) is 3.26. The Morgan fingerprint density at radius 1 is 1.12 bits per heavy atom. The Morgan fingerprint density at radius 2 is 1.95 bits per heavy atom. The van der Waals surface area contributed by atoms with Gasteiger partial charge in [-0.05, 0) is 69.5 Å². The molecule has 0 saturated carbocycles. The standard InChI is InChI=1S/C31H32ClFN4O4/c1-19-28(30-34-11-15-39-30)37(17-22-10-14-38-22)27(35-19)18-36-12-8-20(9-13-36)23-4-3-5-26-29(23)41-31(2,40-26)24-7-6-21(32)16-25(24)33/h3-7,11,15-16,20,22H,8-10,12-14,17-18H2,1-2H3/t22-,31-/m0/s1. The first-order valence-electron chi connectivity index (χ1n) is 14.1. The van der Waals surface area contributed by atoms with E-state index in [-0.39, 0.29) is 6.10 Å². The Bertz CT molecular complexity index is 1560. The summed E-state index contributed by atoms with van der Waals surface area (Å²) in [7, 11) is 0. The number of halogens is 2. The Labute approximate surface area is 243 Å². The average molecular weight is 579 g/mol. The number of likely N-dealkylation sites (tertiary alicyclic amines) is 1. The lowest BCUT2D eigenvalue weighted by Gasteiger charge is -2.33. The van der Waals surface area contributed by atoms with Crippen LogP contribution in [0.3, 0.4) is 0 Å². The molecule has 2 atom stereocenters. The third kappa shape index (κ3) is 4.90. The van der Waals surface area contributed by atoms with Crippen molar-refractivity contribution in [3.8, 4) is 23.1 Å². The molecule has 10 heteroatoms. The summed E-state index contributed by atoms with van der Waals surface area (Å²) in [5, 5.41) is 0.334. The number of para-hydroxylation sites is 1. The summed E-state index contributed by atoms with van der Waals surface area (Å²) in [4.78, 5) is 11.8. The van der Waals surface area contributed by atoms with Crippen LogP contribution in [0, 0.1) is 12.7 Å². The molecule has 0 radical (unpaired) electrons. The van der Waals surface area contributed by atoms with Gasteiger partial charge in [-0.1, -0.05) is 23.7 Å². The Hall–Kier alpha value is -3.40. The van der Waals surface area contributed by atoms with Crippen LogP contribution in [-0.4, -0.2) is 45.2 Å². The number of rotatable bonds is 7. The van der Waals surface area contributed by atoms with E-state index >= 15 is 0 Å². The number of fused-ring (bicyclic) bond motifs is 1. The van der Waals surface area contributed by atoms with E-state index in [1.54, 1.807) is 31.5 Å². The first kappa shape index (κ1) is 26.5. The minimum Gasteiger partial charge on any atom is -0.444 e. The quantitative estimate of drug-likeness (QED) is 0.249. The van der Waals surface area contributed by atoms with E-state index in [2.05, 4.69) is 20.5 Å². The van der Waals surface area contributed by atoms with Crippen molar-refractivity contribution in [1.29, 1.82) is 0 Å². The lowest BCUT2D eigenvalue weighted by Crippen LogP contribution is -2.35. The van der Waals surface area contributed by atoms with E-state index in [9.17, 15) is 4.39 Å². The zero-order valence-electron chi connectivity index (χ0n) is 23.1. The molecule has 7 rings (SSSR count). The molecule has 0 N–H and O–H groups in total. The first-order chi connectivity index (χ1) is 19.9. The molecule has 2 aromatic heterocycles. The Balaban J connectivity index is 1.07. The van der Waals surface area contributed by atoms with Gasteiger partial charge in [0, 0.05) is 24.1 Å². The highest BCUT2D eigenvalue weighted by Gasteiger charge is 2.43. The van der Waals surface area contributed by atoms with E-state index in [4.69, 9.17) is 35.2 Å². The largest absolute Gasteiger partial charge is 0.444 e. The van der Waals surface area contributed by atoms with Crippen LogP contribution in [0.5, 0.6) is 11.5 Å². The lowest BCUT2D eigenvalue weighted by atomic mass is 9.88. The lowest BCUT2D eigenvalue weighted by molar-refractivity contribution is -0.0712. The first-order valence-corrected chi connectivity index (χ1v) is 14.5. The summed E-state index contributed by atoms with van der Waals surface area (Å²) in [6, 6.07) is 10.5. The second kappa shape index (κ2) is 10.5. The molecule has 8 nitrogen and oxygen atoms in total. The zero-order valence-corrected chi connectivity index (χ0v) is 23.9. The second-order valence-electron chi connectivity index (χ2n) is 11.2. The monoisotopic (exact) mass is 578 g/mol. The zero-order chi connectivity index (χ0) is 28.1. The maximum atomic E-state index is 14.8. The van der Waals surface area contributed by atoms with Crippen molar-refractivity contribution >= 4 is 11.6 Å². The number of imidazole rings is 1. The smallest absolute Gasteiger partial charge is 0.278 e. The molecule has 0 bridgehead atoms. The average Bonchev–Trinajstić information content (AvgIpc) is 3.64. The molecule has 4 aromatic rings. The van der Waals surface area contributed by atoms with Crippen molar-refractivity contribution < 1.29 is 23.0 Å². The van der Waals surface area contributed by atoms with Gasteiger partial charge < -0.3 is 23.2 Å². The van der Waals surface area contributed by atoms with Crippen LogP contribution in [0.2, 0.25) is 5.02 Å². The fourth-order valence-electron chi connectivity index (χ4n) is 6.23. The Morgan fingerprint density at radius 3 is 2.66 bits per heavy atom. The van der Waals surface area contributed by atoms with Crippen molar-refractivity contribution in [3.63, 3.8) is 0 Å². The van der Waals surface area contributed by atoms with Gasteiger partial charge in [-0.15, -0.1) is 0 Å². The van der Waals surface area contributed by atoms with Gasteiger partial charge in [-0.2, -0.15) is 0 Å². The number of oxazole rings is 1. The molecule has 0 amide bonds. The molecule has 0 unspecified atom stereocenters. The summed E-state index contributed by atoms with van der Waals surface area (Å²) in [6.45, 7) is 7.87. The number of nitrogens with zero attached hydrogens (tertiary/aromatic N) is 4. The van der Waals surface area contributed by atoms with Crippen LogP contribution >= 0.6 is 11.6 Å². The summed E-state index contributed by atoms with van der Waals surface area (Å²) >= 11 is 5.98. The van der Waals surface area contributed by atoms with Gasteiger partial charge in [0.15, 0.2) is 11.5 Å². The van der Waals surface area contributed by atoms with Gasteiger partial charge in [0.25, 0.3) is 5.79 Å². The molecule has 0 spiro atoms. The highest BCUT2D eigenvalue weighted by molar-refractivity contribution is 6.30. The minimum atomic E-state index is -1.26. The molecular formula is C31H32ClFN4O4. The fraction of sp³-hybridized carbons (Fsp3) is 0.419. The number of piperidine rings is 1. The summed E-state index contributed by atoms with van der Waals surface area (Å²) in [6.07, 6.45) is 6.42. The predicted octanol–water partition coefficient (Wildman–Crippen LogP) is 6.45. The topological polar surface area (TPSA) is 74.8 Å². The third-order valence-electron chi connectivity index (χ3n) is 8.46. The SMILES string of the molecule is Cc1nc(CN2CCC(c3cccc4c3O[C@@](C)(c3ccc(Cl)cc3F)O4)CC2)n(C[C@@H]2CCO2)c1-c1ncco1. The molecule has 5 heterocycles. The van der Waals surface area contributed by atoms with Crippen LogP contribution in [0.25, 0.3) is 11.6 Å². The maximum absolute atomic E-state index is 14.8. The maximum Gasteiger partial charge on any atom is 0.278 e. The molecule has 2 saturated heterocycles. The van der Waals surface area contributed by atoms with Crippen LogP contribution in [0.1, 0.15) is 54.7 Å². The number of benzene rings is 2. The third-order valence-corrected chi connectivity index (χ3v) is 8.69. The van der Waals surface area contributed by atoms with E-state index in [0.717, 1.165) is 74.8 Å². The van der Waals surface area contributed by atoms with Gasteiger partial charge in [0.1, 0.15) is 23.6 Å². The van der Waals surface area contributed by atoms with Gasteiger partial charge in [-0.3, -0.25) is 4.90 Å². The molecule has 3 aliphatic heterocycles. The molecule has 2 fully saturated rings. The van der Waals surface area contributed by atoms with Crippen molar-refractivity contribution in [2.75, 3.05) is 19.7 Å². The van der Waals surface area contributed by atoms with Crippen LogP contribution in [0.15, 0.2) is 53.3 Å². The number of aromatic nitrogens is 3. The highest BCUT2D eigenvalue weighted by Crippen LogP contribution is 2.50. The van der Waals surface area contributed by atoms with Crippen molar-refractivity contribution in [2.45, 2.75) is 64.0 Å². The van der Waals surface area contributed by atoms with Gasteiger partial charge in [0.2, 0.25) is 5.89 Å². The number of ether oxygens (including phenoxy) is 3. The minimum absolute atomic E-state index is 0.191. The second-order valence-corrected chi connectivity index (χ2v) is 11.6. The normalized spacial score (nSPS) is 22.7. The number of hydrogen-bond acceptors (Lipinski definition) is 7. The van der Waals surface area contributed by atoms with E-state index in [1.807, 2.05) is 19.1 Å². The summed E-state index contributed by atoms with van der Waals surface area (Å²) in [5.74, 6) is 1.52.